The molecule has 16 heavy (non-hydrogen) atoms. The van der Waals surface area contributed by atoms with Crippen LogP contribution < -0.4 is 9.44 Å². The van der Waals surface area contributed by atoms with Crippen LogP contribution in [0.15, 0.2) is 16.7 Å². The van der Waals surface area contributed by atoms with Crippen LogP contribution in [0.2, 0.25) is 0 Å². The first kappa shape index (κ1) is 13.0. The van der Waals surface area contributed by atoms with Crippen molar-refractivity contribution in [2.45, 2.75) is 6.92 Å². The van der Waals surface area contributed by atoms with Gasteiger partial charge in [0.15, 0.2) is 5.82 Å². The van der Waals surface area contributed by atoms with Crippen LogP contribution in [0.1, 0.15) is 6.92 Å². The normalized spacial score (nSPS) is 9.69. The first-order valence-corrected chi connectivity index (χ1v) is 5.90. The number of pyridine rings is 1. The van der Waals surface area contributed by atoms with Crippen LogP contribution in [-0.2, 0) is 4.74 Å². The molecule has 0 unspecified atom stereocenters. The maximum Gasteiger partial charge on any atom is 0.418 e. The van der Waals surface area contributed by atoms with Crippen LogP contribution in [0.3, 0.4) is 0 Å². The predicted molar refractivity (Wildman–Crippen MR) is 63.3 cm³/mol. The topological polar surface area (TPSA) is 63.2 Å². The summed E-state index contributed by atoms with van der Waals surface area (Å²) in [4.78, 5) is 14.7. The van der Waals surface area contributed by atoms with Crippen molar-refractivity contribution in [3.8, 4) is 0 Å². The number of aromatic nitrogens is 1. The number of carbonyl (C=O) groups excluding carboxylic acids is 1. The van der Waals surface area contributed by atoms with Gasteiger partial charge in [-0.1, -0.05) is 0 Å². The van der Waals surface area contributed by atoms with Crippen molar-refractivity contribution in [3.63, 3.8) is 0 Å². The van der Waals surface area contributed by atoms with Crippen molar-refractivity contribution >= 4 is 40.0 Å². The number of ether oxygens (including phenoxy) is 1. The van der Waals surface area contributed by atoms with Crippen molar-refractivity contribution in [1.29, 1.82) is 0 Å². The van der Waals surface area contributed by atoms with Crippen LogP contribution in [0.5, 0.6) is 0 Å². The molecule has 1 heterocycles. The molecule has 88 valence electrons. The second-order valence-corrected chi connectivity index (χ2v) is 3.98. The molecule has 0 fully saturated rings. The molecule has 0 radical (unpaired) electrons. The molecule has 0 saturated heterocycles. The van der Waals surface area contributed by atoms with E-state index in [0.717, 1.165) is 18.3 Å². The minimum atomic E-state index is -0.557. The number of hydrogen-bond acceptors (Lipinski definition) is 5. The van der Waals surface area contributed by atoms with Crippen molar-refractivity contribution in [3.05, 3.63) is 22.6 Å². The predicted octanol–water partition coefficient (Wildman–Crippen LogP) is 2.70. The molecule has 5 nitrogen and oxygen atoms in total. The summed E-state index contributed by atoms with van der Waals surface area (Å²) >= 11 is 4.01. The molecule has 1 amide bonds. The zero-order valence-corrected chi connectivity index (χ0v) is 10.7. The minimum absolute atomic E-state index is 0.297. The Morgan fingerprint density at radius 3 is 3.12 bits per heavy atom. The van der Waals surface area contributed by atoms with Gasteiger partial charge in [-0.05, 0) is 28.9 Å². The first-order chi connectivity index (χ1) is 7.63. The Labute approximate surface area is 105 Å². The lowest BCUT2D eigenvalue weighted by Gasteiger charge is -2.06. The molecule has 2 N–H and O–H groups in total. The summed E-state index contributed by atoms with van der Waals surface area (Å²) in [6.45, 7) is 2.00. The lowest BCUT2D eigenvalue weighted by atomic mass is 10.4. The largest absolute Gasteiger partial charge is 0.449 e. The third-order valence-corrected chi connectivity index (χ3v) is 2.53. The Hall–Kier alpha value is -1.02. The molecule has 1 aromatic rings. The van der Waals surface area contributed by atoms with Crippen molar-refractivity contribution < 1.29 is 13.9 Å². The highest BCUT2D eigenvalue weighted by atomic mass is 79.9. The average Bonchev–Trinajstić information content (AvgIpc) is 2.22. The van der Waals surface area contributed by atoms with E-state index in [1.807, 2.05) is 0 Å². The molecule has 1 aromatic heterocycles. The Bertz CT molecular complexity index is 380. The fourth-order valence-corrected chi connectivity index (χ4v) is 1.77. The number of hydrogen-bond donors (Lipinski definition) is 2. The van der Waals surface area contributed by atoms with Crippen LogP contribution in [0, 0.1) is 5.82 Å². The number of anilines is 1. The van der Waals surface area contributed by atoms with Gasteiger partial charge in [-0.25, -0.2) is 18.9 Å². The minimum Gasteiger partial charge on any atom is -0.449 e. The molecular formula is C8H9BrFN3O2S. The van der Waals surface area contributed by atoms with E-state index in [1.165, 1.54) is 6.07 Å². The fraction of sp³-hybridized carbons (Fsp3) is 0.250. The van der Waals surface area contributed by atoms with Crippen molar-refractivity contribution in [2.75, 3.05) is 11.3 Å². The van der Waals surface area contributed by atoms with E-state index in [0.29, 0.717) is 16.9 Å². The van der Waals surface area contributed by atoms with Gasteiger partial charge in [-0.2, -0.15) is 0 Å². The molecular weight excluding hydrogens is 301 g/mol. The van der Waals surface area contributed by atoms with Gasteiger partial charge in [0.05, 0.1) is 29.4 Å². The van der Waals surface area contributed by atoms with Gasteiger partial charge >= 0.3 is 6.09 Å². The second-order valence-electron chi connectivity index (χ2n) is 2.51. The smallest absolute Gasteiger partial charge is 0.418 e. The summed E-state index contributed by atoms with van der Waals surface area (Å²) in [7, 11) is 0. The van der Waals surface area contributed by atoms with E-state index >= 15 is 0 Å². The highest BCUT2D eigenvalue weighted by Gasteiger charge is 2.04. The van der Waals surface area contributed by atoms with Crippen molar-refractivity contribution in [1.82, 2.24) is 9.71 Å². The SMILES string of the molecule is CCOC(=O)NSNc1ncc(F)cc1Br. The monoisotopic (exact) mass is 309 g/mol. The van der Waals surface area contributed by atoms with Crippen molar-refractivity contribution in [2.24, 2.45) is 0 Å². The Kier molecular flexibility index (Phi) is 5.33. The number of nitrogens with one attached hydrogen (secondary N) is 2. The van der Waals surface area contributed by atoms with Gasteiger partial charge in [0.1, 0.15) is 5.82 Å². The van der Waals surface area contributed by atoms with E-state index < -0.39 is 11.9 Å². The van der Waals surface area contributed by atoms with Gasteiger partial charge in [-0.15, -0.1) is 0 Å². The van der Waals surface area contributed by atoms with Crippen LogP contribution in [0.4, 0.5) is 15.0 Å². The van der Waals surface area contributed by atoms with Gasteiger partial charge in [-0.3, -0.25) is 4.72 Å². The number of amides is 1. The summed E-state index contributed by atoms with van der Waals surface area (Å²) < 4.78 is 22.8. The summed E-state index contributed by atoms with van der Waals surface area (Å²) in [6.07, 6.45) is 0.510. The van der Waals surface area contributed by atoms with E-state index in [9.17, 15) is 9.18 Å². The van der Waals surface area contributed by atoms with E-state index in [-0.39, 0.29) is 0 Å². The number of rotatable bonds is 4. The summed E-state index contributed by atoms with van der Waals surface area (Å²) in [5.41, 5.74) is 0. The summed E-state index contributed by atoms with van der Waals surface area (Å²) in [5, 5.41) is 0. The molecule has 0 atom stereocenters. The molecule has 0 aliphatic rings. The lowest BCUT2D eigenvalue weighted by molar-refractivity contribution is 0.159. The average molecular weight is 310 g/mol. The van der Waals surface area contributed by atoms with E-state index in [1.54, 1.807) is 6.92 Å². The second kappa shape index (κ2) is 6.54. The molecule has 0 aliphatic heterocycles. The number of carbonyl (C=O) groups is 1. The maximum atomic E-state index is 12.7. The fourth-order valence-electron chi connectivity index (χ4n) is 0.766. The number of nitrogens with zero attached hydrogens (tertiary/aromatic N) is 1. The van der Waals surface area contributed by atoms with Crippen LogP contribution >= 0.6 is 28.1 Å². The zero-order valence-electron chi connectivity index (χ0n) is 8.29. The molecule has 0 aromatic carbocycles. The molecule has 0 saturated carbocycles. The van der Waals surface area contributed by atoms with Gasteiger partial charge in [0.25, 0.3) is 0 Å². The highest BCUT2D eigenvalue weighted by molar-refractivity contribution is 9.10. The third kappa shape index (κ3) is 4.23. The van der Waals surface area contributed by atoms with Crippen LogP contribution in [0.25, 0.3) is 0 Å². The summed E-state index contributed by atoms with van der Waals surface area (Å²) in [6, 6.07) is 1.26. The third-order valence-electron chi connectivity index (χ3n) is 1.37. The molecule has 1 rings (SSSR count). The zero-order chi connectivity index (χ0) is 12.0. The Morgan fingerprint density at radius 1 is 1.75 bits per heavy atom. The highest BCUT2D eigenvalue weighted by Crippen LogP contribution is 2.21. The Morgan fingerprint density at radius 2 is 2.50 bits per heavy atom. The van der Waals surface area contributed by atoms with E-state index in [2.05, 4.69) is 35.1 Å². The first-order valence-electron chi connectivity index (χ1n) is 4.29. The standard InChI is InChI=1S/C8H9BrFN3O2S/c1-2-15-8(14)13-16-12-7-6(9)3-5(10)4-11-7/h3-4H,2H2,1H3,(H,11,12)(H,13,14). The molecule has 8 heteroatoms. The van der Waals surface area contributed by atoms with Gasteiger partial charge in [0, 0.05) is 0 Å². The molecule has 0 spiro atoms. The quantitative estimate of drug-likeness (QED) is 0.837. The Balaban J connectivity index is 2.40. The molecule has 0 bridgehead atoms. The lowest BCUT2D eigenvalue weighted by Crippen LogP contribution is -2.19. The van der Waals surface area contributed by atoms with E-state index in [4.69, 9.17) is 0 Å². The van der Waals surface area contributed by atoms with Gasteiger partial charge in [0.2, 0.25) is 0 Å². The number of halogens is 2. The van der Waals surface area contributed by atoms with Crippen LogP contribution in [-0.4, -0.2) is 17.7 Å². The maximum absolute atomic E-state index is 12.7. The summed E-state index contributed by atoms with van der Waals surface area (Å²) in [5.74, 6) is -0.0380. The van der Waals surface area contributed by atoms with Gasteiger partial charge < -0.3 is 4.74 Å². The molecule has 0 aliphatic carbocycles.